The fourth-order valence-electron chi connectivity index (χ4n) is 3.33. The van der Waals surface area contributed by atoms with Crippen molar-refractivity contribution in [2.24, 2.45) is 0 Å². The molecule has 1 fully saturated rings. The third-order valence-electron chi connectivity index (χ3n) is 6.01. The minimum absolute atomic E-state index is 0.135. The Morgan fingerprint density at radius 1 is 1.03 bits per heavy atom. The van der Waals surface area contributed by atoms with Crippen LogP contribution in [0.3, 0.4) is 0 Å². The molecule has 1 saturated heterocycles. The summed E-state index contributed by atoms with van der Waals surface area (Å²) in [6.07, 6.45) is 0.319. The second-order valence-electron chi connectivity index (χ2n) is 8.75. The number of methoxy groups -OCH3 is 3. The molecule has 34 heavy (non-hydrogen) atoms. The summed E-state index contributed by atoms with van der Waals surface area (Å²) in [5, 5.41) is 0. The number of hydrogen-bond acceptors (Lipinski definition) is 10. The van der Waals surface area contributed by atoms with Crippen LogP contribution in [0.5, 0.6) is 5.75 Å². The summed E-state index contributed by atoms with van der Waals surface area (Å²) in [5.74, 6) is -2.08. The highest BCUT2D eigenvalue weighted by Gasteiger charge is 2.53. The zero-order valence-corrected chi connectivity index (χ0v) is 20.8. The molecule has 1 aromatic carbocycles. The Hall–Kier alpha value is -2.47. The van der Waals surface area contributed by atoms with Gasteiger partial charge in [-0.25, -0.2) is 0 Å². The maximum Gasteiger partial charge on any atom is 0.498 e. The van der Waals surface area contributed by atoms with E-state index in [1.807, 2.05) is 27.7 Å². The summed E-state index contributed by atoms with van der Waals surface area (Å²) >= 11 is 0. The molecule has 0 radical (unpaired) electrons. The third-order valence-corrected chi connectivity index (χ3v) is 6.01. The second-order valence-corrected chi connectivity index (χ2v) is 8.75. The van der Waals surface area contributed by atoms with Gasteiger partial charge in [0, 0.05) is 12.6 Å². The first-order valence-corrected chi connectivity index (χ1v) is 10.8. The monoisotopic (exact) mass is 480 g/mol. The van der Waals surface area contributed by atoms with Gasteiger partial charge in [-0.15, -0.1) is 0 Å². The highest BCUT2D eigenvalue weighted by molar-refractivity contribution is 6.63. The van der Waals surface area contributed by atoms with Crippen LogP contribution >= 0.6 is 0 Å². The maximum absolute atomic E-state index is 12.5. The minimum Gasteiger partial charge on any atom is -0.469 e. The summed E-state index contributed by atoms with van der Waals surface area (Å²) in [4.78, 5) is 36.5. The van der Waals surface area contributed by atoms with Crippen LogP contribution in [0.2, 0.25) is 0 Å². The summed E-state index contributed by atoms with van der Waals surface area (Å²) < 4.78 is 38.1. The van der Waals surface area contributed by atoms with E-state index in [1.165, 1.54) is 20.3 Å². The van der Waals surface area contributed by atoms with Gasteiger partial charge in [-0.05, 0) is 39.3 Å². The van der Waals surface area contributed by atoms with E-state index in [0.29, 0.717) is 30.5 Å². The van der Waals surface area contributed by atoms with Gasteiger partial charge in [0.05, 0.1) is 56.5 Å². The molecule has 0 aromatic heterocycles. The van der Waals surface area contributed by atoms with Gasteiger partial charge in [0.25, 0.3) is 0 Å². The Morgan fingerprint density at radius 2 is 1.68 bits per heavy atom. The average Bonchev–Trinajstić information content (AvgIpc) is 3.02. The molecule has 0 aliphatic carbocycles. The van der Waals surface area contributed by atoms with E-state index >= 15 is 0 Å². The first kappa shape index (κ1) is 27.8. The van der Waals surface area contributed by atoms with Crippen molar-refractivity contribution in [3.05, 3.63) is 23.3 Å². The van der Waals surface area contributed by atoms with Crippen molar-refractivity contribution < 1.29 is 47.4 Å². The molecule has 0 N–H and O–H groups in total. The Labute approximate surface area is 200 Å². The molecule has 0 amide bonds. The molecule has 1 atom stereocenters. The van der Waals surface area contributed by atoms with Crippen LogP contribution < -0.4 is 10.2 Å². The predicted molar refractivity (Wildman–Crippen MR) is 122 cm³/mol. The zero-order chi connectivity index (χ0) is 25.5. The molecule has 1 aliphatic rings. The number of benzene rings is 1. The molecule has 0 bridgehead atoms. The van der Waals surface area contributed by atoms with Crippen molar-refractivity contribution >= 4 is 30.8 Å². The van der Waals surface area contributed by atoms with Crippen molar-refractivity contribution in [2.45, 2.75) is 51.2 Å². The first-order chi connectivity index (χ1) is 16.0. The van der Waals surface area contributed by atoms with E-state index in [-0.39, 0.29) is 24.5 Å². The first-order valence-electron chi connectivity index (χ1n) is 10.8. The summed E-state index contributed by atoms with van der Waals surface area (Å²) in [6.45, 7) is 8.07. The molecule has 11 heteroatoms. The summed E-state index contributed by atoms with van der Waals surface area (Å²) in [7, 11) is 3.09. The second kappa shape index (κ2) is 11.8. The Balaban J connectivity index is 2.56. The Bertz CT molecular complexity index is 867. The van der Waals surface area contributed by atoms with Crippen LogP contribution in [0.4, 0.5) is 0 Å². The molecular weight excluding hydrogens is 447 g/mol. The largest absolute Gasteiger partial charge is 0.498 e. The van der Waals surface area contributed by atoms with Gasteiger partial charge in [0.15, 0.2) is 13.1 Å². The number of carbonyl (C=O) groups excluding carboxylic acids is 3. The van der Waals surface area contributed by atoms with Crippen molar-refractivity contribution in [1.29, 1.82) is 0 Å². The Morgan fingerprint density at radius 3 is 2.21 bits per heavy atom. The number of rotatable bonds is 12. The molecule has 2 rings (SSSR count). The van der Waals surface area contributed by atoms with Crippen LogP contribution in [-0.2, 0) is 37.8 Å². The number of esters is 2. The van der Waals surface area contributed by atoms with Crippen LogP contribution in [0.1, 0.15) is 56.0 Å². The van der Waals surface area contributed by atoms with Gasteiger partial charge < -0.3 is 33.0 Å². The van der Waals surface area contributed by atoms with Crippen LogP contribution in [0.25, 0.3) is 0 Å². The molecule has 0 saturated carbocycles. The topological polar surface area (TPSA) is 116 Å². The van der Waals surface area contributed by atoms with E-state index in [0.717, 1.165) is 0 Å². The van der Waals surface area contributed by atoms with E-state index in [4.69, 9.17) is 33.0 Å². The maximum atomic E-state index is 12.5. The van der Waals surface area contributed by atoms with Gasteiger partial charge in [-0.3, -0.25) is 14.4 Å². The normalized spacial score (nSPS) is 17.2. The summed E-state index contributed by atoms with van der Waals surface area (Å²) in [6, 6.07) is 3.08. The number of hydrogen-bond donors (Lipinski definition) is 0. The molecule has 188 valence electrons. The molecule has 0 unspecified atom stereocenters. The van der Waals surface area contributed by atoms with Gasteiger partial charge in [-0.2, -0.15) is 0 Å². The third kappa shape index (κ3) is 6.35. The molecule has 10 nitrogen and oxygen atoms in total. The lowest BCUT2D eigenvalue weighted by Crippen LogP contribution is -2.41. The van der Waals surface area contributed by atoms with Gasteiger partial charge in [-0.1, -0.05) is 6.07 Å². The van der Waals surface area contributed by atoms with Crippen LogP contribution in [0.15, 0.2) is 12.1 Å². The lowest BCUT2D eigenvalue weighted by Gasteiger charge is -2.32. The van der Waals surface area contributed by atoms with Crippen molar-refractivity contribution in [3.8, 4) is 5.75 Å². The SMILES string of the molecule is COCCOCOc1c(C=O)cc([C@@H](CC(=O)OC)C(=O)OC)cc1B1OC(C)(C)C(C)(C)O1. The fraction of sp³-hybridized carbons (Fsp3) is 0.609. The van der Waals surface area contributed by atoms with Crippen LogP contribution in [-0.4, -0.2) is 77.9 Å². The number of aldehydes is 1. The average molecular weight is 480 g/mol. The van der Waals surface area contributed by atoms with Gasteiger partial charge in [0.1, 0.15) is 5.75 Å². The smallest absolute Gasteiger partial charge is 0.469 e. The molecule has 1 heterocycles. The van der Waals surface area contributed by atoms with E-state index in [9.17, 15) is 14.4 Å². The van der Waals surface area contributed by atoms with Crippen LogP contribution in [0, 0.1) is 0 Å². The lowest BCUT2D eigenvalue weighted by atomic mass is 9.75. The van der Waals surface area contributed by atoms with E-state index in [1.54, 1.807) is 13.2 Å². The quantitative estimate of drug-likeness (QED) is 0.144. The molecule has 0 spiro atoms. The van der Waals surface area contributed by atoms with Gasteiger partial charge >= 0.3 is 19.1 Å². The fourth-order valence-corrected chi connectivity index (χ4v) is 3.33. The minimum atomic E-state index is -1.01. The highest BCUT2D eigenvalue weighted by Crippen LogP contribution is 2.38. The van der Waals surface area contributed by atoms with E-state index in [2.05, 4.69) is 0 Å². The lowest BCUT2D eigenvalue weighted by molar-refractivity contribution is -0.149. The Kier molecular flexibility index (Phi) is 9.63. The molecule has 1 aliphatic heterocycles. The molecular formula is C23H33BO10. The van der Waals surface area contributed by atoms with Crippen molar-refractivity contribution in [3.63, 3.8) is 0 Å². The zero-order valence-electron chi connectivity index (χ0n) is 20.8. The highest BCUT2D eigenvalue weighted by atomic mass is 16.7. The standard InChI is InChI=1S/C23H33BO10/c1-22(2)23(3,4)34-24(33-22)18-11-15(17(21(27)30-7)12-19(26)29-6)10-16(13-25)20(18)32-14-31-9-8-28-5/h10-11,13,17H,8-9,12,14H2,1-7H3/t17-/m1/s1. The summed E-state index contributed by atoms with van der Waals surface area (Å²) in [5.41, 5.74) is -0.468. The van der Waals surface area contributed by atoms with Gasteiger partial charge in [0.2, 0.25) is 0 Å². The van der Waals surface area contributed by atoms with Crippen molar-refractivity contribution in [2.75, 3.05) is 41.3 Å². The van der Waals surface area contributed by atoms with E-state index < -0.39 is 36.2 Å². The van der Waals surface area contributed by atoms with Crippen molar-refractivity contribution in [1.82, 2.24) is 0 Å². The number of carbonyl (C=O) groups is 3. The molecule has 1 aromatic rings. The number of ether oxygens (including phenoxy) is 5. The predicted octanol–water partition coefficient (Wildman–Crippen LogP) is 1.62.